The van der Waals surface area contributed by atoms with Gasteiger partial charge in [-0.3, -0.25) is 0 Å². The highest BCUT2D eigenvalue weighted by atomic mass is 16.5. The Morgan fingerprint density at radius 1 is 1.50 bits per heavy atom. The molecule has 0 fully saturated rings. The fraction of sp³-hybridized carbons (Fsp3) is 0.600. The number of nitrogens with zero attached hydrogens (tertiary/aromatic N) is 2. The molecule has 1 N–H and O–H groups in total. The van der Waals surface area contributed by atoms with Crippen molar-refractivity contribution < 1.29 is 9.84 Å². The van der Waals surface area contributed by atoms with E-state index in [9.17, 15) is 5.11 Å². The van der Waals surface area contributed by atoms with Crippen LogP contribution in [0.4, 0.5) is 0 Å². The number of rotatable bonds is 5. The maximum Gasteiger partial charge on any atom is 0.216 e. The Balaban J connectivity index is 2.17. The van der Waals surface area contributed by atoms with Gasteiger partial charge in [-0.25, -0.2) is 9.97 Å². The zero-order valence-corrected chi connectivity index (χ0v) is 8.60. The van der Waals surface area contributed by atoms with Crippen molar-refractivity contribution in [3.63, 3.8) is 0 Å². The molecule has 0 atom stereocenters. The lowest BCUT2D eigenvalue weighted by molar-refractivity contribution is 0.0639. The Kier molecular flexibility index (Phi) is 3.83. The van der Waals surface area contributed by atoms with Crippen LogP contribution in [-0.4, -0.2) is 27.3 Å². The SMILES string of the molecule is CC(C)(O)CCCOc1ccncn1. The van der Waals surface area contributed by atoms with Gasteiger partial charge in [-0.15, -0.1) is 0 Å². The highest BCUT2D eigenvalue weighted by Crippen LogP contribution is 2.10. The Morgan fingerprint density at radius 3 is 2.86 bits per heavy atom. The topological polar surface area (TPSA) is 55.2 Å². The van der Waals surface area contributed by atoms with Gasteiger partial charge in [0.2, 0.25) is 5.88 Å². The van der Waals surface area contributed by atoms with Gasteiger partial charge in [-0.1, -0.05) is 0 Å². The summed E-state index contributed by atoms with van der Waals surface area (Å²) in [5, 5.41) is 9.43. The number of aliphatic hydroxyl groups is 1. The minimum absolute atomic E-state index is 0.570. The Bertz CT molecular complexity index is 257. The molecule has 1 aromatic rings. The Hall–Kier alpha value is -1.16. The molecule has 0 aliphatic rings. The van der Waals surface area contributed by atoms with E-state index in [1.54, 1.807) is 26.1 Å². The van der Waals surface area contributed by atoms with Gasteiger partial charge in [0.05, 0.1) is 12.2 Å². The molecule has 0 aliphatic heterocycles. The fourth-order valence-corrected chi connectivity index (χ4v) is 1.05. The first kappa shape index (κ1) is 10.9. The van der Waals surface area contributed by atoms with Crippen LogP contribution in [0.2, 0.25) is 0 Å². The second-order valence-corrected chi connectivity index (χ2v) is 3.81. The van der Waals surface area contributed by atoms with Crippen molar-refractivity contribution in [2.45, 2.75) is 32.3 Å². The van der Waals surface area contributed by atoms with Crippen molar-refractivity contribution in [2.75, 3.05) is 6.61 Å². The minimum atomic E-state index is -0.616. The summed E-state index contributed by atoms with van der Waals surface area (Å²) in [5.74, 6) is 0.579. The minimum Gasteiger partial charge on any atom is -0.478 e. The lowest BCUT2D eigenvalue weighted by Gasteiger charge is -2.16. The third kappa shape index (κ3) is 4.77. The summed E-state index contributed by atoms with van der Waals surface area (Å²) < 4.78 is 5.34. The molecule has 0 bridgehead atoms. The average molecular weight is 196 g/mol. The van der Waals surface area contributed by atoms with Crippen LogP contribution >= 0.6 is 0 Å². The molecule has 0 amide bonds. The third-order valence-electron chi connectivity index (χ3n) is 1.74. The molecular weight excluding hydrogens is 180 g/mol. The van der Waals surface area contributed by atoms with Crippen molar-refractivity contribution in [1.82, 2.24) is 9.97 Å². The Labute approximate surface area is 84.0 Å². The van der Waals surface area contributed by atoms with E-state index in [0.717, 1.165) is 12.8 Å². The van der Waals surface area contributed by atoms with E-state index >= 15 is 0 Å². The maximum absolute atomic E-state index is 9.43. The molecule has 0 aliphatic carbocycles. The first-order chi connectivity index (χ1) is 6.58. The smallest absolute Gasteiger partial charge is 0.216 e. The summed E-state index contributed by atoms with van der Waals surface area (Å²) in [6.07, 6.45) is 4.62. The summed E-state index contributed by atoms with van der Waals surface area (Å²) in [5.41, 5.74) is -0.616. The predicted molar refractivity (Wildman–Crippen MR) is 53.1 cm³/mol. The molecule has 0 radical (unpaired) electrons. The molecular formula is C10H16N2O2. The van der Waals surface area contributed by atoms with Gasteiger partial charge in [-0.05, 0) is 26.7 Å². The number of hydrogen-bond donors (Lipinski definition) is 1. The molecule has 0 spiro atoms. The molecule has 0 saturated heterocycles. The van der Waals surface area contributed by atoms with E-state index < -0.39 is 5.60 Å². The number of hydrogen-bond acceptors (Lipinski definition) is 4. The molecule has 1 rings (SSSR count). The molecule has 1 heterocycles. The lowest BCUT2D eigenvalue weighted by atomic mass is 10.0. The van der Waals surface area contributed by atoms with Crippen LogP contribution in [-0.2, 0) is 0 Å². The first-order valence-electron chi connectivity index (χ1n) is 4.69. The van der Waals surface area contributed by atoms with Crippen molar-refractivity contribution in [3.8, 4) is 5.88 Å². The molecule has 4 nitrogen and oxygen atoms in total. The van der Waals surface area contributed by atoms with E-state index in [1.807, 2.05) is 0 Å². The van der Waals surface area contributed by atoms with Crippen molar-refractivity contribution in [3.05, 3.63) is 18.6 Å². The van der Waals surface area contributed by atoms with Crippen LogP contribution in [0.1, 0.15) is 26.7 Å². The molecule has 78 valence electrons. The molecule has 1 aromatic heterocycles. The van der Waals surface area contributed by atoms with E-state index in [1.165, 1.54) is 6.33 Å². The molecule has 0 saturated carbocycles. The second kappa shape index (κ2) is 4.91. The van der Waals surface area contributed by atoms with Crippen molar-refractivity contribution in [2.24, 2.45) is 0 Å². The molecule has 0 unspecified atom stereocenters. The fourth-order valence-electron chi connectivity index (χ4n) is 1.05. The van der Waals surface area contributed by atoms with Crippen LogP contribution in [0, 0.1) is 0 Å². The summed E-state index contributed by atoms with van der Waals surface area (Å²) in [6, 6.07) is 1.71. The normalized spacial score (nSPS) is 11.4. The van der Waals surface area contributed by atoms with Gasteiger partial charge in [-0.2, -0.15) is 0 Å². The highest BCUT2D eigenvalue weighted by molar-refractivity contribution is 5.03. The van der Waals surface area contributed by atoms with Gasteiger partial charge in [0.1, 0.15) is 6.33 Å². The zero-order valence-electron chi connectivity index (χ0n) is 8.60. The van der Waals surface area contributed by atoms with Crippen LogP contribution in [0.3, 0.4) is 0 Å². The number of aromatic nitrogens is 2. The van der Waals surface area contributed by atoms with Crippen LogP contribution in [0.15, 0.2) is 18.6 Å². The monoisotopic (exact) mass is 196 g/mol. The number of ether oxygens (including phenoxy) is 1. The predicted octanol–water partition coefficient (Wildman–Crippen LogP) is 1.41. The van der Waals surface area contributed by atoms with Gasteiger partial charge in [0, 0.05) is 12.3 Å². The van der Waals surface area contributed by atoms with Crippen molar-refractivity contribution >= 4 is 0 Å². The van der Waals surface area contributed by atoms with Gasteiger partial charge in [0.15, 0.2) is 0 Å². The summed E-state index contributed by atoms with van der Waals surface area (Å²) in [7, 11) is 0. The van der Waals surface area contributed by atoms with E-state index in [2.05, 4.69) is 9.97 Å². The van der Waals surface area contributed by atoms with Gasteiger partial charge >= 0.3 is 0 Å². The van der Waals surface area contributed by atoms with E-state index in [0.29, 0.717) is 12.5 Å². The largest absolute Gasteiger partial charge is 0.478 e. The van der Waals surface area contributed by atoms with Gasteiger partial charge < -0.3 is 9.84 Å². The first-order valence-corrected chi connectivity index (χ1v) is 4.69. The average Bonchev–Trinajstić information content (AvgIpc) is 2.13. The molecule has 14 heavy (non-hydrogen) atoms. The summed E-state index contributed by atoms with van der Waals surface area (Å²) in [6.45, 7) is 4.15. The molecule has 4 heteroatoms. The van der Waals surface area contributed by atoms with Crippen LogP contribution in [0.5, 0.6) is 5.88 Å². The van der Waals surface area contributed by atoms with Crippen molar-refractivity contribution in [1.29, 1.82) is 0 Å². The molecule has 0 aromatic carbocycles. The standard InChI is InChI=1S/C10H16N2O2/c1-10(2,13)5-3-7-14-9-4-6-11-8-12-9/h4,6,8,13H,3,5,7H2,1-2H3. The lowest BCUT2D eigenvalue weighted by Crippen LogP contribution is -2.19. The Morgan fingerprint density at radius 2 is 2.29 bits per heavy atom. The van der Waals surface area contributed by atoms with E-state index in [-0.39, 0.29) is 0 Å². The summed E-state index contributed by atoms with van der Waals surface area (Å²) >= 11 is 0. The van der Waals surface area contributed by atoms with Gasteiger partial charge in [0.25, 0.3) is 0 Å². The second-order valence-electron chi connectivity index (χ2n) is 3.81. The highest BCUT2D eigenvalue weighted by Gasteiger charge is 2.11. The van der Waals surface area contributed by atoms with E-state index in [4.69, 9.17) is 4.74 Å². The van der Waals surface area contributed by atoms with Crippen LogP contribution in [0.25, 0.3) is 0 Å². The zero-order chi connectivity index (χ0) is 10.4. The third-order valence-corrected chi connectivity index (χ3v) is 1.74. The summed E-state index contributed by atoms with van der Waals surface area (Å²) in [4.78, 5) is 7.70. The van der Waals surface area contributed by atoms with Crippen LogP contribution < -0.4 is 4.74 Å². The maximum atomic E-state index is 9.43. The quantitative estimate of drug-likeness (QED) is 0.723.